The average Bonchev–Trinajstić information content (AvgIpc) is 2.10. The molecule has 0 amide bonds. The molecule has 0 spiro atoms. The van der Waals surface area contributed by atoms with Crippen molar-refractivity contribution in [2.45, 2.75) is 41.5 Å². The second-order valence-corrected chi connectivity index (χ2v) is 4.10. The fourth-order valence-electron chi connectivity index (χ4n) is 0.859. The van der Waals surface area contributed by atoms with Gasteiger partial charge in [-0.05, 0) is 39.0 Å². The SMILES string of the molecule is CC(=O)/C=C(/C)[O-].CC(=O)/C=C(/C)[O-].CC(=O)/C=C(/C)[O-].[Ir+3].[Ir+3]. The zero-order valence-corrected chi connectivity index (χ0v) is 18.6. The van der Waals surface area contributed by atoms with Gasteiger partial charge in [-0.25, -0.2) is 0 Å². The fraction of sp³-hybridized carbons (Fsp3) is 0.400. The number of carbonyl (C=O) groups excluding carboxylic acids is 3. The fourth-order valence-corrected chi connectivity index (χ4v) is 0.859. The second-order valence-electron chi connectivity index (χ2n) is 4.10. The number of hydrogen-bond donors (Lipinski definition) is 0. The van der Waals surface area contributed by atoms with Crippen molar-refractivity contribution >= 4 is 17.3 Å². The summed E-state index contributed by atoms with van der Waals surface area (Å²) in [4.78, 5) is 29.9. The maximum absolute atomic E-state index is 9.98. The van der Waals surface area contributed by atoms with Crippen molar-refractivity contribution in [1.29, 1.82) is 0 Å². The summed E-state index contributed by atoms with van der Waals surface area (Å²) in [6, 6.07) is 0. The Bertz CT molecular complexity index is 372. The first-order valence-corrected chi connectivity index (χ1v) is 5.96. The Hall–Kier alpha value is -1.07. The largest absolute Gasteiger partial charge is 3.00 e. The zero-order chi connectivity index (χ0) is 17.6. The van der Waals surface area contributed by atoms with Crippen molar-refractivity contribution in [3.8, 4) is 0 Å². The number of carbonyl (C=O) groups is 3. The van der Waals surface area contributed by atoms with E-state index in [1.165, 1.54) is 41.5 Å². The molecule has 0 fully saturated rings. The van der Waals surface area contributed by atoms with Crippen LogP contribution in [0.15, 0.2) is 35.5 Å². The van der Waals surface area contributed by atoms with Crippen LogP contribution >= 0.6 is 0 Å². The molecule has 0 saturated heterocycles. The Morgan fingerprint density at radius 3 is 0.652 bits per heavy atom. The van der Waals surface area contributed by atoms with Gasteiger partial charge in [-0.1, -0.05) is 20.8 Å². The first-order valence-electron chi connectivity index (χ1n) is 5.96. The van der Waals surface area contributed by atoms with Crippen LogP contribution in [-0.2, 0) is 54.6 Å². The van der Waals surface area contributed by atoms with Gasteiger partial charge in [0, 0.05) is 0 Å². The maximum atomic E-state index is 9.98. The molecule has 0 aromatic carbocycles. The van der Waals surface area contributed by atoms with Crippen molar-refractivity contribution in [3.05, 3.63) is 35.5 Å². The van der Waals surface area contributed by atoms with E-state index in [1.807, 2.05) is 0 Å². The van der Waals surface area contributed by atoms with Crippen molar-refractivity contribution in [2.24, 2.45) is 0 Å². The molecule has 8 heteroatoms. The molecular formula is C15H21Ir2O6+3. The number of allylic oxidation sites excluding steroid dienone is 6. The minimum atomic E-state index is -0.187. The first kappa shape index (κ1) is 33.5. The summed E-state index contributed by atoms with van der Waals surface area (Å²) in [7, 11) is 0. The van der Waals surface area contributed by atoms with Crippen LogP contribution in [0.4, 0.5) is 0 Å². The van der Waals surface area contributed by atoms with Crippen LogP contribution in [0.2, 0.25) is 0 Å². The summed E-state index contributed by atoms with van der Waals surface area (Å²) in [6.45, 7) is 8.09. The summed E-state index contributed by atoms with van der Waals surface area (Å²) >= 11 is 0. The first-order chi connectivity index (χ1) is 9.38. The van der Waals surface area contributed by atoms with E-state index in [0.29, 0.717) is 0 Å². The second kappa shape index (κ2) is 20.9. The van der Waals surface area contributed by atoms with E-state index in [-0.39, 0.29) is 74.8 Å². The van der Waals surface area contributed by atoms with E-state index in [0.717, 1.165) is 18.2 Å². The van der Waals surface area contributed by atoms with Gasteiger partial charge >= 0.3 is 40.2 Å². The van der Waals surface area contributed by atoms with Gasteiger partial charge in [0.15, 0.2) is 17.3 Å². The number of hydrogen-bond acceptors (Lipinski definition) is 6. The summed E-state index contributed by atoms with van der Waals surface area (Å²) in [5.41, 5.74) is 0. The third-order valence-electron chi connectivity index (χ3n) is 1.22. The minimum Gasteiger partial charge on any atom is -0.876 e. The van der Waals surface area contributed by atoms with Gasteiger partial charge in [0.2, 0.25) is 0 Å². The molecule has 0 atom stereocenters. The molecule has 132 valence electrons. The Balaban J connectivity index is -0.0000000675. The van der Waals surface area contributed by atoms with Crippen LogP contribution in [0.1, 0.15) is 41.5 Å². The molecule has 0 aliphatic heterocycles. The Kier molecular flexibility index (Phi) is 30.5. The van der Waals surface area contributed by atoms with Crippen LogP contribution in [0.3, 0.4) is 0 Å². The van der Waals surface area contributed by atoms with Gasteiger partial charge in [0.1, 0.15) is 0 Å². The molecule has 0 rings (SSSR count). The Labute approximate surface area is 164 Å². The maximum Gasteiger partial charge on any atom is 3.00 e. The van der Waals surface area contributed by atoms with E-state index < -0.39 is 0 Å². The Morgan fingerprint density at radius 2 is 0.652 bits per heavy atom. The van der Waals surface area contributed by atoms with E-state index in [9.17, 15) is 29.7 Å². The molecule has 6 nitrogen and oxygen atoms in total. The van der Waals surface area contributed by atoms with Crippen LogP contribution < -0.4 is 15.3 Å². The van der Waals surface area contributed by atoms with E-state index in [1.54, 1.807) is 0 Å². The monoisotopic (exact) mass is 683 g/mol. The van der Waals surface area contributed by atoms with Crippen LogP contribution in [0.5, 0.6) is 0 Å². The van der Waals surface area contributed by atoms with Gasteiger partial charge in [0.25, 0.3) is 0 Å². The van der Waals surface area contributed by atoms with Gasteiger partial charge in [-0.3, -0.25) is 14.4 Å². The molecule has 0 heterocycles. The van der Waals surface area contributed by atoms with Crippen molar-refractivity contribution in [2.75, 3.05) is 0 Å². The number of ketones is 3. The molecular weight excluding hydrogens is 661 g/mol. The van der Waals surface area contributed by atoms with Crippen molar-refractivity contribution in [3.63, 3.8) is 0 Å². The molecule has 0 saturated carbocycles. The minimum absolute atomic E-state index is 0. The molecule has 0 aromatic rings. The summed E-state index contributed by atoms with van der Waals surface area (Å²) in [5.74, 6) is -1.12. The molecule has 0 bridgehead atoms. The zero-order valence-electron chi connectivity index (χ0n) is 13.8. The molecule has 0 radical (unpaired) electrons. The molecule has 0 aliphatic rings. The quantitative estimate of drug-likeness (QED) is 0.293. The van der Waals surface area contributed by atoms with Crippen molar-refractivity contribution < 1.29 is 69.9 Å². The standard InChI is InChI=1S/3C5H8O2.2Ir/c3*1-4(6)3-5(2)7;;/h3*3,6H,1-2H3;;/q;;;2*+3/p-3/b3*4-3-;;. The smallest absolute Gasteiger partial charge is 0.876 e. The summed E-state index contributed by atoms with van der Waals surface area (Å²) in [5, 5.41) is 29.9. The molecule has 0 unspecified atom stereocenters. The third-order valence-corrected chi connectivity index (χ3v) is 1.22. The third kappa shape index (κ3) is 62.8. The van der Waals surface area contributed by atoms with E-state index in [4.69, 9.17) is 0 Å². The summed E-state index contributed by atoms with van der Waals surface area (Å²) in [6.07, 6.45) is 3.17. The molecule has 0 aromatic heterocycles. The average molecular weight is 682 g/mol. The predicted octanol–water partition coefficient (Wildman–Crippen LogP) is -0.486. The molecule has 0 aliphatic carbocycles. The van der Waals surface area contributed by atoms with Gasteiger partial charge < -0.3 is 15.3 Å². The van der Waals surface area contributed by atoms with Crippen molar-refractivity contribution in [1.82, 2.24) is 0 Å². The van der Waals surface area contributed by atoms with Gasteiger partial charge in [-0.15, -0.1) is 17.3 Å². The molecule has 23 heavy (non-hydrogen) atoms. The molecule has 0 N–H and O–H groups in total. The van der Waals surface area contributed by atoms with Gasteiger partial charge in [-0.2, -0.15) is 0 Å². The topological polar surface area (TPSA) is 120 Å². The van der Waals surface area contributed by atoms with Crippen LogP contribution in [-0.4, -0.2) is 17.3 Å². The van der Waals surface area contributed by atoms with E-state index in [2.05, 4.69) is 0 Å². The summed E-state index contributed by atoms with van der Waals surface area (Å²) < 4.78 is 0. The van der Waals surface area contributed by atoms with Gasteiger partial charge in [0.05, 0.1) is 0 Å². The van der Waals surface area contributed by atoms with Crippen LogP contribution in [0.25, 0.3) is 0 Å². The van der Waals surface area contributed by atoms with Crippen LogP contribution in [0, 0.1) is 0 Å². The predicted molar refractivity (Wildman–Crippen MR) is 73.3 cm³/mol. The Morgan fingerprint density at radius 1 is 0.522 bits per heavy atom. The number of rotatable bonds is 3. The normalized spacial score (nSPS) is 10.4. The van der Waals surface area contributed by atoms with E-state index >= 15 is 0 Å².